The van der Waals surface area contributed by atoms with E-state index in [1.54, 1.807) is 37.0 Å². The number of piperazine rings is 1. The van der Waals surface area contributed by atoms with Gasteiger partial charge in [0.05, 0.1) is 17.2 Å². The molecule has 0 spiro atoms. The highest BCUT2D eigenvalue weighted by atomic mass is 32.2. The van der Waals surface area contributed by atoms with Crippen LogP contribution in [-0.2, 0) is 34.8 Å². The fraction of sp³-hybridized carbons (Fsp3) is 0.500. The van der Waals surface area contributed by atoms with Gasteiger partial charge in [0, 0.05) is 45.9 Å². The molecule has 0 atom stereocenters. The molecule has 0 aliphatic carbocycles. The van der Waals surface area contributed by atoms with E-state index in [1.165, 1.54) is 4.31 Å². The van der Waals surface area contributed by atoms with Crippen LogP contribution in [0.3, 0.4) is 0 Å². The standard InChI is InChI=1S/C22H30N6O4S/c1-5-6-18-19-20(27(3)25-18)22(29)24-21(23-19)17-13-16(8-7-15(17)14-32-4)33(30,31)28-11-9-26(2)10-12-28/h7-8,13H,5-6,9-12,14H2,1-4H3,(H,23,24,29). The van der Waals surface area contributed by atoms with Gasteiger partial charge >= 0.3 is 0 Å². The van der Waals surface area contributed by atoms with E-state index in [4.69, 9.17) is 9.72 Å². The number of likely N-dealkylation sites (N-methyl/N-ethyl adjacent to an activating group) is 1. The van der Waals surface area contributed by atoms with Gasteiger partial charge in [-0.1, -0.05) is 19.4 Å². The Kier molecular flexibility index (Phi) is 6.66. The van der Waals surface area contributed by atoms with E-state index in [2.05, 4.69) is 15.0 Å². The number of nitrogens with one attached hydrogen (secondary N) is 1. The van der Waals surface area contributed by atoms with Crippen molar-refractivity contribution in [1.29, 1.82) is 0 Å². The highest BCUT2D eigenvalue weighted by Gasteiger charge is 2.28. The van der Waals surface area contributed by atoms with Crippen LogP contribution in [0.4, 0.5) is 0 Å². The zero-order valence-electron chi connectivity index (χ0n) is 19.5. The lowest BCUT2D eigenvalue weighted by molar-refractivity contribution is 0.185. The second-order valence-electron chi connectivity index (χ2n) is 8.39. The molecule has 1 aliphatic heterocycles. The van der Waals surface area contributed by atoms with Gasteiger partial charge in [-0.3, -0.25) is 9.48 Å². The van der Waals surface area contributed by atoms with Crippen LogP contribution in [0.2, 0.25) is 0 Å². The van der Waals surface area contributed by atoms with Gasteiger partial charge in [-0.25, -0.2) is 13.4 Å². The van der Waals surface area contributed by atoms with Crippen molar-refractivity contribution in [3.63, 3.8) is 0 Å². The lowest BCUT2D eigenvalue weighted by atomic mass is 10.1. The number of hydrogen-bond acceptors (Lipinski definition) is 7. The first-order valence-corrected chi connectivity index (χ1v) is 12.5. The van der Waals surface area contributed by atoms with E-state index in [-0.39, 0.29) is 17.1 Å². The summed E-state index contributed by atoms with van der Waals surface area (Å²) in [6, 6.07) is 4.90. The summed E-state index contributed by atoms with van der Waals surface area (Å²) in [5.41, 5.74) is 2.63. The van der Waals surface area contributed by atoms with Crippen LogP contribution >= 0.6 is 0 Å². The zero-order valence-corrected chi connectivity index (χ0v) is 20.3. The highest BCUT2D eigenvalue weighted by molar-refractivity contribution is 7.89. The Labute approximate surface area is 193 Å². The summed E-state index contributed by atoms with van der Waals surface area (Å²) in [6.07, 6.45) is 1.56. The van der Waals surface area contributed by atoms with Gasteiger partial charge in [0.15, 0.2) is 5.52 Å². The summed E-state index contributed by atoms with van der Waals surface area (Å²) in [7, 11) is 1.58. The molecule has 0 bridgehead atoms. The SMILES string of the molecule is CCCc1nn(C)c2c(=O)[nH]c(-c3cc(S(=O)(=O)N4CCN(C)CC4)ccc3COC)nc12. The van der Waals surface area contributed by atoms with Gasteiger partial charge < -0.3 is 14.6 Å². The van der Waals surface area contributed by atoms with Crippen LogP contribution in [0, 0.1) is 0 Å². The molecule has 0 radical (unpaired) electrons. The minimum atomic E-state index is -3.68. The number of rotatable bonds is 7. The molecule has 11 heteroatoms. The number of aromatic nitrogens is 4. The van der Waals surface area contributed by atoms with Crippen LogP contribution in [0.25, 0.3) is 22.4 Å². The van der Waals surface area contributed by atoms with Crippen molar-refractivity contribution in [2.24, 2.45) is 7.05 Å². The van der Waals surface area contributed by atoms with E-state index in [1.807, 2.05) is 14.0 Å². The number of aryl methyl sites for hydroxylation is 2. The average molecular weight is 475 g/mol. The minimum Gasteiger partial charge on any atom is -0.380 e. The summed E-state index contributed by atoms with van der Waals surface area (Å²) in [4.78, 5) is 22.7. The Morgan fingerprint density at radius 3 is 2.55 bits per heavy atom. The molecule has 0 unspecified atom stereocenters. The van der Waals surface area contributed by atoms with Crippen molar-refractivity contribution < 1.29 is 13.2 Å². The fourth-order valence-electron chi connectivity index (χ4n) is 4.17. The minimum absolute atomic E-state index is 0.171. The summed E-state index contributed by atoms with van der Waals surface area (Å²) >= 11 is 0. The zero-order chi connectivity index (χ0) is 23.8. The first kappa shape index (κ1) is 23.6. The predicted octanol–water partition coefficient (Wildman–Crippen LogP) is 1.36. The van der Waals surface area contributed by atoms with Gasteiger partial charge in [0.2, 0.25) is 10.0 Å². The van der Waals surface area contributed by atoms with Crippen LogP contribution in [0.15, 0.2) is 27.9 Å². The monoisotopic (exact) mass is 474 g/mol. The van der Waals surface area contributed by atoms with E-state index in [9.17, 15) is 13.2 Å². The molecule has 10 nitrogen and oxygen atoms in total. The van der Waals surface area contributed by atoms with E-state index >= 15 is 0 Å². The van der Waals surface area contributed by atoms with Crippen molar-refractivity contribution >= 4 is 21.1 Å². The number of nitrogens with zero attached hydrogens (tertiary/aromatic N) is 5. The lowest BCUT2D eigenvalue weighted by Gasteiger charge is -2.31. The number of fused-ring (bicyclic) bond motifs is 1. The number of benzene rings is 1. The molecule has 0 amide bonds. The summed E-state index contributed by atoms with van der Waals surface area (Å²) < 4.78 is 35.0. The number of sulfonamides is 1. The summed E-state index contributed by atoms with van der Waals surface area (Å²) in [5.74, 6) is 0.306. The third kappa shape index (κ3) is 4.45. The van der Waals surface area contributed by atoms with Crippen LogP contribution in [0.1, 0.15) is 24.6 Å². The second-order valence-corrected chi connectivity index (χ2v) is 10.3. The number of ether oxygens (including phenoxy) is 1. The Balaban J connectivity index is 1.85. The molecule has 1 fully saturated rings. The highest BCUT2D eigenvalue weighted by Crippen LogP contribution is 2.28. The molecule has 1 aliphatic rings. The molecule has 1 N–H and O–H groups in total. The Morgan fingerprint density at radius 2 is 1.88 bits per heavy atom. The normalized spacial score (nSPS) is 16.0. The van der Waals surface area contributed by atoms with Gasteiger partial charge in [0.1, 0.15) is 11.3 Å². The van der Waals surface area contributed by atoms with E-state index < -0.39 is 10.0 Å². The third-order valence-corrected chi connectivity index (χ3v) is 7.88. The molecule has 1 saturated heterocycles. The average Bonchev–Trinajstić information content (AvgIpc) is 3.10. The Morgan fingerprint density at radius 1 is 1.15 bits per heavy atom. The molecular weight excluding hydrogens is 444 g/mol. The van der Waals surface area contributed by atoms with Gasteiger partial charge in [-0.05, 0) is 31.2 Å². The number of H-pyrrole nitrogens is 1. The van der Waals surface area contributed by atoms with E-state index in [0.717, 1.165) is 17.7 Å². The molecule has 33 heavy (non-hydrogen) atoms. The molecule has 2 aromatic heterocycles. The number of aromatic amines is 1. The van der Waals surface area contributed by atoms with Crippen LogP contribution < -0.4 is 5.56 Å². The summed E-state index contributed by atoms with van der Waals surface area (Å²) in [5, 5.41) is 4.46. The van der Waals surface area contributed by atoms with Crippen LogP contribution in [-0.4, -0.2) is 77.7 Å². The molecular formula is C22H30N6O4S. The fourth-order valence-corrected chi connectivity index (χ4v) is 5.62. The number of hydrogen-bond donors (Lipinski definition) is 1. The second kappa shape index (κ2) is 9.34. The van der Waals surface area contributed by atoms with Crippen molar-refractivity contribution in [3.05, 3.63) is 39.8 Å². The van der Waals surface area contributed by atoms with Gasteiger partial charge in [-0.2, -0.15) is 9.40 Å². The van der Waals surface area contributed by atoms with Gasteiger partial charge in [0.25, 0.3) is 5.56 Å². The third-order valence-electron chi connectivity index (χ3n) is 5.99. The van der Waals surface area contributed by atoms with Crippen molar-refractivity contribution in [2.45, 2.75) is 31.3 Å². The molecule has 0 saturated carbocycles. The molecule has 3 heterocycles. The molecule has 178 valence electrons. The maximum Gasteiger partial charge on any atom is 0.277 e. The molecule has 1 aromatic carbocycles. The Bertz CT molecular complexity index is 1320. The first-order chi connectivity index (χ1) is 15.8. The van der Waals surface area contributed by atoms with Crippen molar-refractivity contribution in [2.75, 3.05) is 40.3 Å². The van der Waals surface area contributed by atoms with Crippen LogP contribution in [0.5, 0.6) is 0 Å². The lowest BCUT2D eigenvalue weighted by Crippen LogP contribution is -2.47. The topological polar surface area (TPSA) is 113 Å². The maximum absolute atomic E-state index is 13.3. The van der Waals surface area contributed by atoms with Crippen molar-refractivity contribution in [3.8, 4) is 11.4 Å². The number of methoxy groups -OCH3 is 1. The maximum atomic E-state index is 13.3. The van der Waals surface area contributed by atoms with Gasteiger partial charge in [-0.15, -0.1) is 0 Å². The largest absolute Gasteiger partial charge is 0.380 e. The molecule has 3 aromatic rings. The smallest absolute Gasteiger partial charge is 0.277 e. The predicted molar refractivity (Wildman–Crippen MR) is 126 cm³/mol. The van der Waals surface area contributed by atoms with Crippen molar-refractivity contribution in [1.82, 2.24) is 29.0 Å². The first-order valence-electron chi connectivity index (χ1n) is 11.0. The Hall–Kier alpha value is -2.60. The summed E-state index contributed by atoms with van der Waals surface area (Å²) in [6.45, 7) is 4.52. The molecule has 4 rings (SSSR count). The van der Waals surface area contributed by atoms with E-state index in [0.29, 0.717) is 55.0 Å². The quantitative estimate of drug-likeness (QED) is 0.550.